The molecule has 0 amide bonds. The number of aromatic carboxylic acids is 1. The summed E-state index contributed by atoms with van der Waals surface area (Å²) in [5.74, 6) is -0.293. The first-order valence-electron chi connectivity index (χ1n) is 6.55. The quantitative estimate of drug-likeness (QED) is 0.931. The zero-order chi connectivity index (χ0) is 13.9. The molecule has 2 heterocycles. The summed E-state index contributed by atoms with van der Waals surface area (Å²) < 4.78 is 0. The summed E-state index contributed by atoms with van der Waals surface area (Å²) >= 11 is 1.16. The predicted molar refractivity (Wildman–Crippen MR) is 78.8 cm³/mol. The fourth-order valence-electron chi connectivity index (χ4n) is 2.09. The van der Waals surface area contributed by atoms with E-state index in [1.165, 1.54) is 31.2 Å². The fraction of sp³-hybridized carbons (Fsp3) is 0.267. The summed E-state index contributed by atoms with van der Waals surface area (Å²) in [6.07, 6.45) is 10.8. The Morgan fingerprint density at radius 1 is 1.25 bits per heavy atom. The molecule has 0 atom stereocenters. The van der Waals surface area contributed by atoms with Crippen LogP contribution < -0.4 is 0 Å². The van der Waals surface area contributed by atoms with Crippen molar-refractivity contribution in [3.8, 4) is 0 Å². The Hall–Kier alpha value is -2.01. The standard InChI is InChI=1S/C15H14N2O2S/c18-15(19)13-9-17-14(20-13)7-5-10-4-6-12(16-8-10)11-2-1-3-11/h4-9,11H,1-3H2,(H,18,19)/b7-5+. The second-order valence-corrected chi connectivity index (χ2v) is 5.91. The van der Waals surface area contributed by atoms with E-state index in [1.54, 1.807) is 0 Å². The van der Waals surface area contributed by atoms with Crippen LogP contribution in [-0.4, -0.2) is 21.0 Å². The lowest BCUT2D eigenvalue weighted by Gasteiger charge is -2.24. The molecule has 0 aromatic carbocycles. The average molecular weight is 286 g/mol. The number of carbonyl (C=O) groups is 1. The second kappa shape index (κ2) is 5.54. The smallest absolute Gasteiger partial charge is 0.347 e. The third kappa shape index (κ3) is 2.77. The lowest BCUT2D eigenvalue weighted by atomic mass is 9.82. The van der Waals surface area contributed by atoms with Crippen LogP contribution in [-0.2, 0) is 0 Å². The Kier molecular flexibility index (Phi) is 3.60. The number of carboxylic acids is 1. The number of hydrogen-bond donors (Lipinski definition) is 1. The van der Waals surface area contributed by atoms with Gasteiger partial charge in [-0.15, -0.1) is 11.3 Å². The number of carboxylic acid groups (broad SMARTS) is 1. The molecule has 2 aromatic heterocycles. The van der Waals surface area contributed by atoms with E-state index in [1.807, 2.05) is 24.4 Å². The summed E-state index contributed by atoms with van der Waals surface area (Å²) in [5, 5.41) is 9.52. The predicted octanol–water partition coefficient (Wildman–Crippen LogP) is 3.67. The average Bonchev–Trinajstić information content (AvgIpc) is 2.85. The van der Waals surface area contributed by atoms with E-state index < -0.39 is 5.97 Å². The van der Waals surface area contributed by atoms with E-state index in [0.29, 0.717) is 10.9 Å². The third-order valence-corrected chi connectivity index (χ3v) is 4.44. The Bertz CT molecular complexity index is 642. The third-order valence-electron chi connectivity index (χ3n) is 3.49. The number of nitrogens with zero attached hydrogens (tertiary/aromatic N) is 2. The lowest BCUT2D eigenvalue weighted by Crippen LogP contribution is -2.10. The summed E-state index contributed by atoms with van der Waals surface area (Å²) in [7, 11) is 0. The molecule has 2 aromatic rings. The molecule has 5 heteroatoms. The second-order valence-electron chi connectivity index (χ2n) is 4.85. The monoisotopic (exact) mass is 286 g/mol. The Morgan fingerprint density at radius 2 is 2.10 bits per heavy atom. The topological polar surface area (TPSA) is 63.1 Å². The Labute approximate surface area is 120 Å². The van der Waals surface area contributed by atoms with Crippen LogP contribution in [0.2, 0.25) is 0 Å². The van der Waals surface area contributed by atoms with Crippen LogP contribution in [0.5, 0.6) is 0 Å². The number of thiazole rings is 1. The molecule has 4 nitrogen and oxygen atoms in total. The van der Waals surface area contributed by atoms with Gasteiger partial charge in [-0.1, -0.05) is 18.6 Å². The van der Waals surface area contributed by atoms with Crippen molar-refractivity contribution in [3.63, 3.8) is 0 Å². The van der Waals surface area contributed by atoms with E-state index in [4.69, 9.17) is 5.11 Å². The van der Waals surface area contributed by atoms with Gasteiger partial charge in [-0.25, -0.2) is 9.78 Å². The van der Waals surface area contributed by atoms with Crippen molar-refractivity contribution < 1.29 is 9.90 Å². The molecule has 1 saturated carbocycles. The van der Waals surface area contributed by atoms with Crippen LogP contribution in [0.3, 0.4) is 0 Å². The molecular formula is C15H14N2O2S. The molecular weight excluding hydrogens is 272 g/mol. The summed E-state index contributed by atoms with van der Waals surface area (Å²) in [6.45, 7) is 0. The van der Waals surface area contributed by atoms with Crippen LogP contribution in [0.25, 0.3) is 12.2 Å². The van der Waals surface area contributed by atoms with Gasteiger partial charge in [0.15, 0.2) is 0 Å². The molecule has 0 aliphatic heterocycles. The molecule has 0 radical (unpaired) electrons. The van der Waals surface area contributed by atoms with Gasteiger partial charge >= 0.3 is 5.97 Å². The zero-order valence-electron chi connectivity index (χ0n) is 10.8. The van der Waals surface area contributed by atoms with Gasteiger partial charge < -0.3 is 5.11 Å². The van der Waals surface area contributed by atoms with Crippen molar-refractivity contribution in [3.05, 3.63) is 45.7 Å². The largest absolute Gasteiger partial charge is 0.477 e. The first-order valence-corrected chi connectivity index (χ1v) is 7.37. The van der Waals surface area contributed by atoms with Gasteiger partial charge in [-0.3, -0.25) is 4.98 Å². The highest BCUT2D eigenvalue weighted by Gasteiger charge is 2.20. The molecule has 1 fully saturated rings. The molecule has 1 aliphatic carbocycles. The highest BCUT2D eigenvalue weighted by Crippen LogP contribution is 2.35. The van der Waals surface area contributed by atoms with E-state index in [9.17, 15) is 4.79 Å². The fourth-order valence-corrected chi connectivity index (χ4v) is 2.75. The maximum Gasteiger partial charge on any atom is 0.347 e. The molecule has 0 saturated heterocycles. The Morgan fingerprint density at radius 3 is 2.65 bits per heavy atom. The van der Waals surface area contributed by atoms with Gasteiger partial charge in [0.05, 0.1) is 6.20 Å². The van der Waals surface area contributed by atoms with E-state index in [2.05, 4.69) is 16.0 Å². The molecule has 102 valence electrons. The van der Waals surface area contributed by atoms with Gasteiger partial charge in [0.25, 0.3) is 0 Å². The number of aromatic nitrogens is 2. The van der Waals surface area contributed by atoms with Crippen LogP contribution in [0.4, 0.5) is 0 Å². The first kappa shape index (κ1) is 13.0. The van der Waals surface area contributed by atoms with Crippen LogP contribution in [0.15, 0.2) is 24.5 Å². The summed E-state index contributed by atoms with van der Waals surface area (Å²) in [4.78, 5) is 19.5. The first-order chi connectivity index (χ1) is 9.72. The minimum absolute atomic E-state index is 0.253. The van der Waals surface area contributed by atoms with E-state index in [-0.39, 0.29) is 4.88 Å². The van der Waals surface area contributed by atoms with Crippen LogP contribution in [0.1, 0.15) is 51.1 Å². The molecule has 1 aliphatic rings. The van der Waals surface area contributed by atoms with Crippen molar-refractivity contribution in [2.75, 3.05) is 0 Å². The van der Waals surface area contributed by atoms with Crippen molar-refractivity contribution in [2.45, 2.75) is 25.2 Å². The van der Waals surface area contributed by atoms with Crippen molar-refractivity contribution in [1.29, 1.82) is 0 Å². The summed E-state index contributed by atoms with van der Waals surface area (Å²) in [6, 6.07) is 4.12. The molecule has 0 bridgehead atoms. The number of rotatable bonds is 4. The maximum absolute atomic E-state index is 10.8. The highest BCUT2D eigenvalue weighted by atomic mass is 32.1. The normalized spacial score (nSPS) is 15.4. The molecule has 0 spiro atoms. The van der Waals surface area contributed by atoms with Crippen LogP contribution in [0, 0.1) is 0 Å². The molecule has 0 unspecified atom stereocenters. The minimum Gasteiger partial charge on any atom is -0.477 e. The molecule has 20 heavy (non-hydrogen) atoms. The van der Waals surface area contributed by atoms with Gasteiger partial charge in [0, 0.05) is 17.8 Å². The highest BCUT2D eigenvalue weighted by molar-refractivity contribution is 7.14. The molecule has 3 rings (SSSR count). The van der Waals surface area contributed by atoms with Crippen molar-refractivity contribution >= 4 is 29.5 Å². The minimum atomic E-state index is -0.936. The van der Waals surface area contributed by atoms with Gasteiger partial charge in [0.1, 0.15) is 9.88 Å². The van der Waals surface area contributed by atoms with E-state index >= 15 is 0 Å². The van der Waals surface area contributed by atoms with Crippen molar-refractivity contribution in [1.82, 2.24) is 9.97 Å². The van der Waals surface area contributed by atoms with Crippen LogP contribution >= 0.6 is 11.3 Å². The van der Waals surface area contributed by atoms with Gasteiger partial charge in [-0.05, 0) is 30.5 Å². The Balaban J connectivity index is 1.69. The maximum atomic E-state index is 10.8. The van der Waals surface area contributed by atoms with Gasteiger partial charge in [0.2, 0.25) is 0 Å². The SMILES string of the molecule is O=C(O)c1cnc(/C=C/c2ccc(C3CCC3)nc2)s1. The zero-order valence-corrected chi connectivity index (χ0v) is 11.6. The van der Waals surface area contributed by atoms with Gasteiger partial charge in [-0.2, -0.15) is 0 Å². The molecule has 1 N–H and O–H groups in total. The van der Waals surface area contributed by atoms with Crippen molar-refractivity contribution in [2.24, 2.45) is 0 Å². The number of pyridine rings is 1. The number of hydrogen-bond acceptors (Lipinski definition) is 4. The lowest BCUT2D eigenvalue weighted by molar-refractivity contribution is 0.0702. The summed E-state index contributed by atoms with van der Waals surface area (Å²) in [5.41, 5.74) is 2.18. The van der Waals surface area contributed by atoms with E-state index in [0.717, 1.165) is 16.9 Å².